The maximum Gasteiger partial charge on any atom is 0.233 e. The molecule has 1 aliphatic heterocycles. The van der Waals surface area contributed by atoms with E-state index in [0.29, 0.717) is 12.2 Å². The molecule has 3 aromatic rings. The fourth-order valence-electron chi connectivity index (χ4n) is 3.52. The molecule has 6 nitrogen and oxygen atoms in total. The Morgan fingerprint density at radius 1 is 1.28 bits per heavy atom. The lowest BCUT2D eigenvalue weighted by atomic mass is 9.98. The number of piperidine rings is 1. The summed E-state index contributed by atoms with van der Waals surface area (Å²) in [5.41, 5.74) is 1.91. The fourth-order valence-corrected chi connectivity index (χ4v) is 4.45. The summed E-state index contributed by atoms with van der Waals surface area (Å²) in [6, 6.07) is 2.05. The van der Waals surface area contributed by atoms with Crippen LogP contribution in [0.4, 0.5) is 0 Å². The summed E-state index contributed by atoms with van der Waals surface area (Å²) in [6.07, 6.45) is 9.15. The van der Waals surface area contributed by atoms with E-state index in [1.165, 1.54) is 0 Å². The van der Waals surface area contributed by atoms with E-state index in [4.69, 9.17) is 0 Å². The van der Waals surface area contributed by atoms with Gasteiger partial charge in [-0.05, 0) is 39.2 Å². The Labute approximate surface area is 150 Å². The highest BCUT2D eigenvalue weighted by molar-refractivity contribution is 7.11. The van der Waals surface area contributed by atoms with Crippen molar-refractivity contribution in [3.05, 3.63) is 45.9 Å². The van der Waals surface area contributed by atoms with Crippen LogP contribution in [0.1, 0.15) is 46.6 Å². The number of hydrogen-bond donors (Lipinski definition) is 0. The number of fused-ring (bicyclic) bond motifs is 1. The second-order valence-corrected chi connectivity index (χ2v) is 7.79. The van der Waals surface area contributed by atoms with Crippen molar-refractivity contribution >= 4 is 23.0 Å². The van der Waals surface area contributed by atoms with Gasteiger partial charge < -0.3 is 4.90 Å². The first-order valence-corrected chi connectivity index (χ1v) is 9.45. The first-order valence-electron chi connectivity index (χ1n) is 8.64. The number of carbonyl (C=O) groups is 1. The predicted molar refractivity (Wildman–Crippen MR) is 96.6 cm³/mol. The third kappa shape index (κ3) is 3.16. The molecule has 0 saturated carbocycles. The molecule has 0 bridgehead atoms. The molecule has 0 N–H and O–H groups in total. The first kappa shape index (κ1) is 16.2. The molecule has 1 saturated heterocycles. The molecule has 0 aromatic carbocycles. The lowest BCUT2D eigenvalue weighted by Gasteiger charge is -2.35. The zero-order valence-corrected chi connectivity index (χ0v) is 15.3. The molecule has 0 aliphatic carbocycles. The summed E-state index contributed by atoms with van der Waals surface area (Å²) in [5, 5.41) is 1.02. The fraction of sp³-hybridized carbons (Fsp3) is 0.444. The van der Waals surface area contributed by atoms with Crippen molar-refractivity contribution in [1.82, 2.24) is 24.3 Å². The van der Waals surface area contributed by atoms with Crippen molar-refractivity contribution in [2.24, 2.45) is 0 Å². The van der Waals surface area contributed by atoms with Gasteiger partial charge in [-0.2, -0.15) is 0 Å². The highest BCUT2D eigenvalue weighted by Crippen LogP contribution is 2.31. The molecule has 130 valence electrons. The van der Waals surface area contributed by atoms with E-state index in [0.717, 1.165) is 47.1 Å². The molecule has 4 rings (SSSR count). The minimum absolute atomic E-state index is 0.0391. The van der Waals surface area contributed by atoms with Gasteiger partial charge in [-0.1, -0.05) is 0 Å². The Balaban J connectivity index is 1.59. The van der Waals surface area contributed by atoms with Crippen molar-refractivity contribution in [2.45, 2.75) is 45.6 Å². The Morgan fingerprint density at radius 3 is 2.96 bits per heavy atom. The number of amides is 1. The molecule has 1 atom stereocenters. The number of thiazole rings is 1. The number of hydrogen-bond acceptors (Lipinski definition) is 5. The molecular formula is C18H21N5OS. The Morgan fingerprint density at radius 2 is 2.16 bits per heavy atom. The molecule has 0 radical (unpaired) electrons. The molecule has 7 heteroatoms. The van der Waals surface area contributed by atoms with E-state index in [9.17, 15) is 4.79 Å². The number of aryl methyl sites for hydroxylation is 2. The summed E-state index contributed by atoms with van der Waals surface area (Å²) in [6.45, 7) is 4.76. The molecule has 3 aromatic heterocycles. The van der Waals surface area contributed by atoms with Gasteiger partial charge >= 0.3 is 0 Å². The second kappa shape index (κ2) is 6.55. The summed E-state index contributed by atoms with van der Waals surface area (Å²) in [5.74, 6) is 0.853. The highest BCUT2D eigenvalue weighted by Gasteiger charge is 2.29. The van der Waals surface area contributed by atoms with Crippen LogP contribution in [0.15, 0.2) is 24.7 Å². The maximum atomic E-state index is 13.0. The van der Waals surface area contributed by atoms with E-state index in [2.05, 4.69) is 15.0 Å². The summed E-state index contributed by atoms with van der Waals surface area (Å²) < 4.78 is 1.89. The predicted octanol–water partition coefficient (Wildman–Crippen LogP) is 3.10. The quantitative estimate of drug-likeness (QED) is 0.724. The van der Waals surface area contributed by atoms with Crippen molar-refractivity contribution < 1.29 is 4.79 Å². The minimum Gasteiger partial charge on any atom is -0.334 e. The van der Waals surface area contributed by atoms with Crippen LogP contribution in [0.2, 0.25) is 0 Å². The third-order valence-electron chi connectivity index (χ3n) is 4.76. The SMILES string of the molecule is Cc1nc(C)c(CC(=O)N2CCCC[C@H]2c2ccn3ccnc3n2)s1. The van der Waals surface area contributed by atoms with Crippen LogP contribution in [0.3, 0.4) is 0 Å². The molecule has 4 heterocycles. The van der Waals surface area contributed by atoms with E-state index in [1.54, 1.807) is 17.5 Å². The molecule has 1 amide bonds. The zero-order chi connectivity index (χ0) is 17.4. The van der Waals surface area contributed by atoms with Crippen LogP contribution in [0.5, 0.6) is 0 Å². The number of aromatic nitrogens is 4. The van der Waals surface area contributed by atoms with Gasteiger partial charge in [-0.3, -0.25) is 9.20 Å². The van der Waals surface area contributed by atoms with Gasteiger partial charge in [0.05, 0.1) is 28.9 Å². The Kier molecular flexibility index (Phi) is 4.25. The molecule has 25 heavy (non-hydrogen) atoms. The van der Waals surface area contributed by atoms with Crippen LogP contribution < -0.4 is 0 Å². The molecule has 1 fully saturated rings. The van der Waals surface area contributed by atoms with Crippen LogP contribution in [-0.4, -0.2) is 36.7 Å². The van der Waals surface area contributed by atoms with E-state index in [-0.39, 0.29) is 11.9 Å². The van der Waals surface area contributed by atoms with Gasteiger partial charge in [-0.25, -0.2) is 15.0 Å². The Bertz CT molecular complexity index is 915. The highest BCUT2D eigenvalue weighted by atomic mass is 32.1. The number of imidazole rings is 1. The lowest BCUT2D eigenvalue weighted by molar-refractivity contribution is -0.134. The van der Waals surface area contributed by atoms with Gasteiger partial charge in [-0.15, -0.1) is 11.3 Å². The minimum atomic E-state index is 0.0391. The van der Waals surface area contributed by atoms with Crippen molar-refractivity contribution in [3.63, 3.8) is 0 Å². The Hall–Kier alpha value is -2.28. The van der Waals surface area contributed by atoms with Gasteiger partial charge in [0.2, 0.25) is 11.7 Å². The maximum absolute atomic E-state index is 13.0. The molecule has 0 spiro atoms. The number of likely N-dealkylation sites (tertiary alicyclic amines) is 1. The number of nitrogens with zero attached hydrogens (tertiary/aromatic N) is 5. The summed E-state index contributed by atoms with van der Waals surface area (Å²) in [4.78, 5) is 29.4. The topological polar surface area (TPSA) is 63.4 Å². The van der Waals surface area contributed by atoms with Crippen LogP contribution in [-0.2, 0) is 11.2 Å². The van der Waals surface area contributed by atoms with Crippen molar-refractivity contribution in [1.29, 1.82) is 0 Å². The van der Waals surface area contributed by atoms with Crippen molar-refractivity contribution in [3.8, 4) is 0 Å². The lowest BCUT2D eigenvalue weighted by Crippen LogP contribution is -2.39. The average molecular weight is 355 g/mol. The second-order valence-electron chi connectivity index (χ2n) is 6.50. The van der Waals surface area contributed by atoms with E-state index < -0.39 is 0 Å². The average Bonchev–Trinajstić information content (AvgIpc) is 3.20. The van der Waals surface area contributed by atoms with E-state index in [1.807, 2.05) is 41.6 Å². The van der Waals surface area contributed by atoms with Crippen LogP contribution in [0.25, 0.3) is 5.78 Å². The first-order chi connectivity index (χ1) is 12.1. The van der Waals surface area contributed by atoms with Gasteiger partial charge in [0.25, 0.3) is 0 Å². The van der Waals surface area contributed by atoms with Gasteiger partial charge in [0.1, 0.15) is 0 Å². The van der Waals surface area contributed by atoms with Crippen LogP contribution in [0, 0.1) is 13.8 Å². The molecule has 1 aliphatic rings. The third-order valence-corrected chi connectivity index (χ3v) is 5.83. The van der Waals surface area contributed by atoms with Crippen LogP contribution >= 0.6 is 11.3 Å². The van der Waals surface area contributed by atoms with Gasteiger partial charge in [0.15, 0.2) is 0 Å². The van der Waals surface area contributed by atoms with E-state index >= 15 is 0 Å². The molecule has 0 unspecified atom stereocenters. The normalized spacial score (nSPS) is 18.0. The van der Waals surface area contributed by atoms with Crippen molar-refractivity contribution in [2.75, 3.05) is 6.54 Å². The van der Waals surface area contributed by atoms with Gasteiger partial charge in [0, 0.05) is 30.0 Å². The standard InChI is InChI=1S/C18H21N5OS/c1-12-16(25-13(2)20-12)11-17(24)23-8-4-3-5-15(23)14-6-9-22-10-7-19-18(22)21-14/h6-7,9-10,15H,3-5,8,11H2,1-2H3/t15-/m0/s1. The molecular weight excluding hydrogens is 334 g/mol. The summed E-state index contributed by atoms with van der Waals surface area (Å²) >= 11 is 1.62. The largest absolute Gasteiger partial charge is 0.334 e. The monoisotopic (exact) mass is 355 g/mol. The summed E-state index contributed by atoms with van der Waals surface area (Å²) in [7, 11) is 0. The number of rotatable bonds is 3. The number of carbonyl (C=O) groups excluding carboxylic acids is 1. The zero-order valence-electron chi connectivity index (χ0n) is 14.5. The smallest absolute Gasteiger partial charge is 0.233 e.